The van der Waals surface area contributed by atoms with Crippen LogP contribution in [0.4, 0.5) is 4.39 Å². The number of carbonyl (C=O) groups excluding carboxylic acids is 1. The van der Waals surface area contributed by atoms with Gasteiger partial charge in [0.1, 0.15) is 5.82 Å². The van der Waals surface area contributed by atoms with E-state index in [0.717, 1.165) is 6.42 Å². The van der Waals surface area contributed by atoms with Gasteiger partial charge in [-0.3, -0.25) is 4.79 Å². The first-order chi connectivity index (χ1) is 9.13. The van der Waals surface area contributed by atoms with Crippen LogP contribution in [0.25, 0.3) is 0 Å². The number of nitrogens with zero attached hydrogens (tertiary/aromatic N) is 1. The standard InChI is InChI=1S/C15H21FN2O/c1-11-9-14(12-5-2-3-6-13(12)16)18(10-11)15(19)7-4-8-17/h2-3,5-6,11,14H,4,7-10,17H2,1H3. The van der Waals surface area contributed by atoms with E-state index < -0.39 is 0 Å². The molecule has 0 aliphatic carbocycles. The maximum Gasteiger partial charge on any atom is 0.223 e. The Kier molecular flexibility index (Phi) is 4.53. The zero-order chi connectivity index (χ0) is 13.8. The first kappa shape index (κ1) is 14.0. The van der Waals surface area contributed by atoms with Gasteiger partial charge in [-0.15, -0.1) is 0 Å². The van der Waals surface area contributed by atoms with E-state index in [-0.39, 0.29) is 17.8 Å². The normalized spacial score (nSPS) is 22.8. The van der Waals surface area contributed by atoms with Crippen molar-refractivity contribution in [3.63, 3.8) is 0 Å². The highest BCUT2D eigenvalue weighted by atomic mass is 19.1. The van der Waals surface area contributed by atoms with Crippen LogP contribution in [0.5, 0.6) is 0 Å². The van der Waals surface area contributed by atoms with Crippen LogP contribution >= 0.6 is 0 Å². The van der Waals surface area contributed by atoms with Gasteiger partial charge in [0, 0.05) is 18.5 Å². The van der Waals surface area contributed by atoms with E-state index in [1.165, 1.54) is 6.07 Å². The molecule has 19 heavy (non-hydrogen) atoms. The van der Waals surface area contributed by atoms with Crippen molar-refractivity contribution in [1.29, 1.82) is 0 Å². The van der Waals surface area contributed by atoms with Crippen molar-refractivity contribution in [2.24, 2.45) is 11.7 Å². The average molecular weight is 264 g/mol. The maximum atomic E-state index is 13.9. The van der Waals surface area contributed by atoms with Gasteiger partial charge < -0.3 is 10.6 Å². The monoisotopic (exact) mass is 264 g/mol. The van der Waals surface area contributed by atoms with Gasteiger partial charge in [0.2, 0.25) is 5.91 Å². The summed E-state index contributed by atoms with van der Waals surface area (Å²) in [6.07, 6.45) is 1.97. The molecule has 0 spiro atoms. The number of likely N-dealkylation sites (tertiary alicyclic amines) is 1. The Bertz CT molecular complexity index is 450. The molecule has 2 N–H and O–H groups in total. The van der Waals surface area contributed by atoms with Crippen LogP contribution in [0.3, 0.4) is 0 Å². The lowest BCUT2D eigenvalue weighted by Crippen LogP contribution is -2.31. The number of benzene rings is 1. The second kappa shape index (κ2) is 6.15. The SMILES string of the molecule is CC1CC(c2ccccc2F)N(C(=O)CCCN)C1. The number of hydrogen-bond donors (Lipinski definition) is 1. The van der Waals surface area contributed by atoms with Crippen molar-refractivity contribution in [2.45, 2.75) is 32.2 Å². The van der Waals surface area contributed by atoms with Crippen molar-refractivity contribution in [3.05, 3.63) is 35.6 Å². The lowest BCUT2D eigenvalue weighted by molar-refractivity contribution is -0.132. The lowest BCUT2D eigenvalue weighted by Gasteiger charge is -2.25. The molecular formula is C15H21FN2O. The topological polar surface area (TPSA) is 46.3 Å². The summed E-state index contributed by atoms with van der Waals surface area (Å²) in [7, 11) is 0. The van der Waals surface area contributed by atoms with Crippen LogP contribution in [0.15, 0.2) is 24.3 Å². The summed E-state index contributed by atoms with van der Waals surface area (Å²) in [5.41, 5.74) is 6.07. The average Bonchev–Trinajstić information content (AvgIpc) is 2.78. The van der Waals surface area contributed by atoms with Gasteiger partial charge in [0.25, 0.3) is 0 Å². The third kappa shape index (κ3) is 3.13. The Morgan fingerprint density at radius 1 is 1.47 bits per heavy atom. The van der Waals surface area contributed by atoms with Gasteiger partial charge in [0.15, 0.2) is 0 Å². The first-order valence-electron chi connectivity index (χ1n) is 6.87. The summed E-state index contributed by atoms with van der Waals surface area (Å²) in [4.78, 5) is 14.0. The molecule has 0 radical (unpaired) electrons. The van der Waals surface area contributed by atoms with E-state index >= 15 is 0 Å². The highest BCUT2D eigenvalue weighted by Crippen LogP contribution is 2.36. The third-order valence-corrected chi connectivity index (χ3v) is 3.69. The zero-order valence-corrected chi connectivity index (χ0v) is 11.3. The predicted octanol–water partition coefficient (Wildman–Crippen LogP) is 2.47. The van der Waals surface area contributed by atoms with E-state index in [1.807, 2.05) is 11.0 Å². The van der Waals surface area contributed by atoms with Gasteiger partial charge in [0.05, 0.1) is 6.04 Å². The molecule has 0 aromatic heterocycles. The molecular weight excluding hydrogens is 243 g/mol. The molecule has 0 saturated carbocycles. The number of hydrogen-bond acceptors (Lipinski definition) is 2. The smallest absolute Gasteiger partial charge is 0.223 e. The van der Waals surface area contributed by atoms with E-state index in [4.69, 9.17) is 5.73 Å². The van der Waals surface area contributed by atoms with Crippen molar-refractivity contribution in [3.8, 4) is 0 Å². The summed E-state index contributed by atoms with van der Waals surface area (Å²) < 4.78 is 13.9. The van der Waals surface area contributed by atoms with Gasteiger partial charge in [-0.05, 0) is 31.4 Å². The predicted molar refractivity (Wildman–Crippen MR) is 72.9 cm³/mol. The number of halogens is 1. The van der Waals surface area contributed by atoms with Crippen molar-refractivity contribution in [1.82, 2.24) is 4.90 Å². The molecule has 2 unspecified atom stereocenters. The van der Waals surface area contributed by atoms with Crippen molar-refractivity contribution in [2.75, 3.05) is 13.1 Å². The molecule has 1 aromatic carbocycles. The van der Waals surface area contributed by atoms with Crippen LogP contribution < -0.4 is 5.73 Å². The largest absolute Gasteiger partial charge is 0.335 e. The molecule has 1 aliphatic heterocycles. The molecule has 2 rings (SSSR count). The van der Waals surface area contributed by atoms with Gasteiger partial charge in [-0.1, -0.05) is 25.1 Å². The number of rotatable bonds is 4. The van der Waals surface area contributed by atoms with Gasteiger partial charge in [-0.25, -0.2) is 4.39 Å². The minimum Gasteiger partial charge on any atom is -0.335 e. The summed E-state index contributed by atoms with van der Waals surface area (Å²) in [5, 5.41) is 0. The summed E-state index contributed by atoms with van der Waals surface area (Å²) in [6.45, 7) is 3.33. The molecule has 3 nitrogen and oxygen atoms in total. The van der Waals surface area contributed by atoms with E-state index in [0.29, 0.717) is 37.4 Å². The van der Waals surface area contributed by atoms with E-state index in [9.17, 15) is 9.18 Å². The van der Waals surface area contributed by atoms with Crippen LogP contribution in [0, 0.1) is 11.7 Å². The molecule has 2 atom stereocenters. The zero-order valence-electron chi connectivity index (χ0n) is 11.3. The van der Waals surface area contributed by atoms with E-state index in [2.05, 4.69) is 6.92 Å². The second-order valence-electron chi connectivity index (χ2n) is 5.32. The third-order valence-electron chi connectivity index (χ3n) is 3.69. The summed E-state index contributed by atoms with van der Waals surface area (Å²) >= 11 is 0. The van der Waals surface area contributed by atoms with Crippen molar-refractivity contribution < 1.29 is 9.18 Å². The van der Waals surface area contributed by atoms with Crippen molar-refractivity contribution >= 4 is 5.91 Å². The molecule has 104 valence electrons. The number of amides is 1. The lowest BCUT2D eigenvalue weighted by atomic mass is 10.0. The molecule has 4 heteroatoms. The number of nitrogens with two attached hydrogens (primary N) is 1. The van der Waals surface area contributed by atoms with Crippen LogP contribution in [0.1, 0.15) is 37.8 Å². The molecule has 1 amide bonds. The van der Waals surface area contributed by atoms with Gasteiger partial charge in [-0.2, -0.15) is 0 Å². The Hall–Kier alpha value is -1.42. The molecule has 1 aromatic rings. The molecule has 1 aliphatic rings. The van der Waals surface area contributed by atoms with Crippen LogP contribution in [-0.2, 0) is 4.79 Å². The fourth-order valence-corrected chi connectivity index (χ4v) is 2.76. The Morgan fingerprint density at radius 3 is 2.89 bits per heavy atom. The summed E-state index contributed by atoms with van der Waals surface area (Å²) in [5.74, 6) is 0.271. The number of carbonyl (C=O) groups is 1. The Morgan fingerprint density at radius 2 is 2.21 bits per heavy atom. The fourth-order valence-electron chi connectivity index (χ4n) is 2.76. The minimum absolute atomic E-state index is 0.0862. The van der Waals surface area contributed by atoms with Crippen LogP contribution in [0.2, 0.25) is 0 Å². The van der Waals surface area contributed by atoms with Crippen LogP contribution in [-0.4, -0.2) is 23.9 Å². The molecule has 1 saturated heterocycles. The minimum atomic E-state index is -0.224. The molecule has 1 heterocycles. The molecule has 1 fully saturated rings. The quantitative estimate of drug-likeness (QED) is 0.908. The highest BCUT2D eigenvalue weighted by Gasteiger charge is 2.34. The van der Waals surface area contributed by atoms with E-state index in [1.54, 1.807) is 12.1 Å². The first-order valence-corrected chi connectivity index (χ1v) is 6.87. The molecule has 0 bridgehead atoms. The Labute approximate surface area is 113 Å². The highest BCUT2D eigenvalue weighted by molar-refractivity contribution is 5.77. The second-order valence-corrected chi connectivity index (χ2v) is 5.32. The fraction of sp³-hybridized carbons (Fsp3) is 0.533. The maximum absolute atomic E-state index is 13.9. The van der Waals surface area contributed by atoms with Gasteiger partial charge >= 0.3 is 0 Å². The summed E-state index contributed by atoms with van der Waals surface area (Å²) in [6, 6.07) is 6.62. The Balaban J connectivity index is 2.18.